The van der Waals surface area contributed by atoms with E-state index in [0.717, 1.165) is 22.0 Å². The summed E-state index contributed by atoms with van der Waals surface area (Å²) >= 11 is 6.03. The number of hydrogen-bond donors (Lipinski definition) is 0. The quantitative estimate of drug-likeness (QED) is 0.415. The van der Waals surface area contributed by atoms with Crippen molar-refractivity contribution in [2.24, 2.45) is 0 Å². The first-order chi connectivity index (χ1) is 16.3. The number of fused-ring (bicyclic) bond motifs is 1. The molecule has 1 amide bonds. The van der Waals surface area contributed by atoms with E-state index in [4.69, 9.17) is 11.6 Å². The highest BCUT2D eigenvalue weighted by molar-refractivity contribution is 7.89. The molecule has 0 spiro atoms. The van der Waals surface area contributed by atoms with Gasteiger partial charge in [0.25, 0.3) is 0 Å². The molecule has 1 aromatic heterocycles. The molecular weight excluding hydrogens is 472 g/mol. The molecule has 0 bridgehead atoms. The van der Waals surface area contributed by atoms with Crippen LogP contribution in [0.2, 0.25) is 5.02 Å². The van der Waals surface area contributed by atoms with Crippen molar-refractivity contribution in [3.05, 3.63) is 90.0 Å². The molecule has 3 aromatic carbocycles. The number of carbonyl (C=O) groups excluding carboxylic acids is 1. The standard InChI is InChI=1S/C25H23ClN4O3S/c1-18(19-3-7-23(8-4-19)28-11-10-27-17-28)30-13-12-29(16-25(30)31)34(32,33)24-9-5-20-14-22(26)6-2-21(20)15-24/h2-11,14-15,17-18H,12-13,16H2,1H3. The third-order valence-electron chi connectivity index (χ3n) is 6.28. The number of piperazine rings is 1. The smallest absolute Gasteiger partial charge is 0.243 e. The molecule has 1 aliphatic rings. The summed E-state index contributed by atoms with van der Waals surface area (Å²) in [6.45, 7) is 2.34. The Morgan fingerprint density at radius 2 is 1.71 bits per heavy atom. The number of carbonyl (C=O) groups is 1. The monoisotopic (exact) mass is 494 g/mol. The van der Waals surface area contributed by atoms with Crippen LogP contribution in [-0.4, -0.2) is 52.7 Å². The lowest BCUT2D eigenvalue weighted by Crippen LogP contribution is -2.52. The zero-order chi connectivity index (χ0) is 23.9. The summed E-state index contributed by atoms with van der Waals surface area (Å²) in [6.07, 6.45) is 5.31. The van der Waals surface area contributed by atoms with Crippen LogP contribution in [0.3, 0.4) is 0 Å². The molecule has 9 heteroatoms. The molecule has 0 saturated carbocycles. The Morgan fingerprint density at radius 1 is 0.971 bits per heavy atom. The van der Waals surface area contributed by atoms with Crippen LogP contribution in [0.25, 0.3) is 16.5 Å². The van der Waals surface area contributed by atoms with Gasteiger partial charge in [-0.1, -0.05) is 35.9 Å². The minimum atomic E-state index is -3.80. The minimum absolute atomic E-state index is 0.167. The first-order valence-electron chi connectivity index (χ1n) is 10.9. The van der Waals surface area contributed by atoms with Crippen LogP contribution in [-0.2, 0) is 14.8 Å². The van der Waals surface area contributed by atoms with Gasteiger partial charge in [-0.05, 0) is 59.7 Å². The van der Waals surface area contributed by atoms with Gasteiger partial charge in [-0.3, -0.25) is 4.79 Å². The van der Waals surface area contributed by atoms with Gasteiger partial charge < -0.3 is 9.47 Å². The van der Waals surface area contributed by atoms with Gasteiger partial charge in [-0.15, -0.1) is 0 Å². The number of imidazole rings is 1. The van der Waals surface area contributed by atoms with Crippen LogP contribution in [0.4, 0.5) is 0 Å². The Hall–Kier alpha value is -3.20. The van der Waals surface area contributed by atoms with Gasteiger partial charge in [-0.25, -0.2) is 13.4 Å². The Labute approximate surface area is 203 Å². The summed E-state index contributed by atoms with van der Waals surface area (Å²) in [7, 11) is -3.80. The van der Waals surface area contributed by atoms with E-state index in [1.165, 1.54) is 4.31 Å². The molecule has 0 N–H and O–H groups in total. The Kier molecular flexibility index (Phi) is 5.89. The van der Waals surface area contributed by atoms with Crippen molar-refractivity contribution >= 4 is 38.3 Å². The van der Waals surface area contributed by atoms with Crippen molar-refractivity contribution in [2.45, 2.75) is 17.9 Å². The van der Waals surface area contributed by atoms with Gasteiger partial charge >= 0.3 is 0 Å². The molecule has 0 aliphatic carbocycles. The number of hydrogen-bond acceptors (Lipinski definition) is 4. The summed E-state index contributed by atoms with van der Waals surface area (Å²) in [5, 5.41) is 2.23. The van der Waals surface area contributed by atoms with E-state index in [1.54, 1.807) is 53.8 Å². The van der Waals surface area contributed by atoms with Gasteiger partial charge in [0.05, 0.1) is 23.8 Å². The largest absolute Gasteiger partial charge is 0.333 e. The molecule has 34 heavy (non-hydrogen) atoms. The molecule has 4 aromatic rings. The van der Waals surface area contributed by atoms with Crippen molar-refractivity contribution in [3.8, 4) is 5.69 Å². The van der Waals surface area contributed by atoms with E-state index >= 15 is 0 Å². The average molecular weight is 495 g/mol. The van der Waals surface area contributed by atoms with Crippen molar-refractivity contribution in [3.63, 3.8) is 0 Å². The first kappa shape index (κ1) is 22.6. The van der Waals surface area contributed by atoms with Gasteiger partial charge in [0.15, 0.2) is 0 Å². The fraction of sp³-hybridized carbons (Fsp3) is 0.200. The van der Waals surface area contributed by atoms with Gasteiger partial charge in [-0.2, -0.15) is 4.31 Å². The van der Waals surface area contributed by atoms with Crippen molar-refractivity contribution < 1.29 is 13.2 Å². The molecule has 1 aliphatic heterocycles. The Bertz CT molecular complexity index is 1450. The lowest BCUT2D eigenvalue weighted by molar-refractivity contribution is -0.136. The van der Waals surface area contributed by atoms with E-state index < -0.39 is 10.0 Å². The lowest BCUT2D eigenvalue weighted by Gasteiger charge is -2.37. The maximum Gasteiger partial charge on any atom is 0.243 e. The second-order valence-electron chi connectivity index (χ2n) is 8.32. The van der Waals surface area contributed by atoms with E-state index in [1.807, 2.05) is 42.0 Å². The number of benzene rings is 3. The highest BCUT2D eigenvalue weighted by Gasteiger charge is 2.35. The Balaban J connectivity index is 1.31. The molecule has 174 valence electrons. The third-order valence-corrected chi connectivity index (χ3v) is 8.36. The van der Waals surface area contributed by atoms with Crippen molar-refractivity contribution in [2.75, 3.05) is 19.6 Å². The van der Waals surface area contributed by atoms with Crippen LogP contribution in [0.5, 0.6) is 0 Å². The molecule has 1 unspecified atom stereocenters. The summed E-state index contributed by atoms with van der Waals surface area (Å²) in [6, 6.07) is 18.0. The SMILES string of the molecule is CC(c1ccc(-n2ccnc2)cc1)N1CCN(S(=O)(=O)c2ccc3cc(Cl)ccc3c2)CC1=O. The van der Waals surface area contributed by atoms with E-state index in [0.29, 0.717) is 11.6 Å². The van der Waals surface area contributed by atoms with Gasteiger partial charge in [0.1, 0.15) is 0 Å². The fourth-order valence-electron chi connectivity index (χ4n) is 4.30. The summed E-state index contributed by atoms with van der Waals surface area (Å²) in [5.74, 6) is -0.214. The molecule has 5 rings (SSSR count). The number of amides is 1. The fourth-order valence-corrected chi connectivity index (χ4v) is 5.90. The Morgan fingerprint density at radius 3 is 2.41 bits per heavy atom. The highest BCUT2D eigenvalue weighted by Crippen LogP contribution is 2.28. The number of nitrogens with zero attached hydrogens (tertiary/aromatic N) is 4. The van der Waals surface area contributed by atoms with E-state index in [2.05, 4.69) is 4.98 Å². The normalized spacial score (nSPS) is 16.2. The molecule has 2 heterocycles. The maximum atomic E-state index is 13.3. The van der Waals surface area contributed by atoms with Crippen molar-refractivity contribution in [1.29, 1.82) is 0 Å². The molecular formula is C25H23ClN4O3S. The maximum absolute atomic E-state index is 13.3. The van der Waals surface area contributed by atoms with Crippen LogP contribution < -0.4 is 0 Å². The number of aromatic nitrogens is 2. The second-order valence-corrected chi connectivity index (χ2v) is 10.7. The predicted octanol–water partition coefficient (Wildman–Crippen LogP) is 4.27. The zero-order valence-corrected chi connectivity index (χ0v) is 20.1. The topological polar surface area (TPSA) is 75.5 Å². The number of halogens is 1. The summed E-state index contributed by atoms with van der Waals surface area (Å²) in [4.78, 5) is 19.0. The first-order valence-corrected chi connectivity index (χ1v) is 12.7. The van der Waals surface area contributed by atoms with Crippen LogP contribution in [0, 0.1) is 0 Å². The van der Waals surface area contributed by atoms with Crippen LogP contribution in [0.15, 0.2) is 84.3 Å². The molecule has 7 nitrogen and oxygen atoms in total. The van der Waals surface area contributed by atoms with Crippen LogP contribution in [0.1, 0.15) is 18.5 Å². The zero-order valence-electron chi connectivity index (χ0n) is 18.5. The predicted molar refractivity (Wildman–Crippen MR) is 131 cm³/mol. The minimum Gasteiger partial charge on any atom is -0.333 e. The summed E-state index contributed by atoms with van der Waals surface area (Å²) < 4.78 is 29.7. The third kappa shape index (κ3) is 4.20. The summed E-state index contributed by atoms with van der Waals surface area (Å²) in [5.41, 5.74) is 1.97. The van der Waals surface area contributed by atoms with Crippen LogP contribution >= 0.6 is 11.6 Å². The average Bonchev–Trinajstić information content (AvgIpc) is 3.38. The van der Waals surface area contributed by atoms with Gasteiger partial charge in [0.2, 0.25) is 15.9 Å². The molecule has 1 atom stereocenters. The molecule has 1 saturated heterocycles. The second kappa shape index (κ2) is 8.87. The van der Waals surface area contributed by atoms with Gasteiger partial charge in [0, 0.05) is 36.2 Å². The van der Waals surface area contributed by atoms with E-state index in [9.17, 15) is 13.2 Å². The van der Waals surface area contributed by atoms with Crippen molar-refractivity contribution in [1.82, 2.24) is 18.8 Å². The number of rotatable bonds is 5. The lowest BCUT2D eigenvalue weighted by atomic mass is 10.1. The number of sulfonamides is 1. The molecule has 0 radical (unpaired) electrons. The van der Waals surface area contributed by atoms with E-state index in [-0.39, 0.29) is 29.9 Å². The highest BCUT2D eigenvalue weighted by atomic mass is 35.5. The molecule has 1 fully saturated rings.